The maximum Gasteiger partial charge on any atom is 0.342 e. The fourth-order valence-electron chi connectivity index (χ4n) is 2.70. The van der Waals surface area contributed by atoms with E-state index in [1.807, 2.05) is 54.6 Å². The molecule has 6 heteroatoms. The van der Waals surface area contributed by atoms with Crippen molar-refractivity contribution >= 4 is 5.97 Å². The van der Waals surface area contributed by atoms with Crippen molar-refractivity contribution in [2.75, 3.05) is 27.4 Å². The van der Waals surface area contributed by atoms with Crippen LogP contribution in [-0.4, -0.2) is 43.2 Å². The Morgan fingerprint density at radius 3 is 2.59 bits per heavy atom. The Hall–Kier alpha value is -3.12. The van der Waals surface area contributed by atoms with E-state index in [1.54, 1.807) is 25.1 Å². The molecule has 0 aliphatic rings. The zero-order chi connectivity index (χ0) is 19.1. The molecule has 1 aromatic heterocycles. The molecule has 0 fully saturated rings. The van der Waals surface area contributed by atoms with E-state index >= 15 is 0 Å². The first-order chi connectivity index (χ1) is 13.2. The molecule has 6 nitrogen and oxygen atoms in total. The molecule has 0 aliphatic carbocycles. The second-order valence-corrected chi connectivity index (χ2v) is 5.94. The van der Waals surface area contributed by atoms with Crippen LogP contribution in [0, 0.1) is 0 Å². The molecule has 0 atom stereocenters. The number of hydrogen-bond acceptors (Lipinski definition) is 5. The molecule has 0 saturated heterocycles. The topological polar surface area (TPSA) is 62.6 Å². The third kappa shape index (κ3) is 4.74. The number of aromatic nitrogens is 2. The molecule has 27 heavy (non-hydrogen) atoms. The van der Waals surface area contributed by atoms with Gasteiger partial charge < -0.3 is 14.2 Å². The Bertz CT molecular complexity index is 890. The van der Waals surface area contributed by atoms with Gasteiger partial charge in [-0.1, -0.05) is 42.5 Å². The SMILES string of the molecule is COCCOC(=O)c1cn(Cc2ccccc2)nc1-c1cccc(OC)c1. The van der Waals surface area contributed by atoms with Crippen molar-refractivity contribution in [1.29, 1.82) is 0 Å². The van der Waals surface area contributed by atoms with Crippen LogP contribution < -0.4 is 4.74 Å². The lowest BCUT2D eigenvalue weighted by molar-refractivity contribution is 0.0389. The number of carbonyl (C=O) groups excluding carboxylic acids is 1. The van der Waals surface area contributed by atoms with Crippen LogP contribution in [0.3, 0.4) is 0 Å². The Kier molecular flexibility index (Phi) is 6.22. The Labute approximate surface area is 158 Å². The zero-order valence-electron chi connectivity index (χ0n) is 15.4. The van der Waals surface area contributed by atoms with E-state index in [1.165, 1.54) is 0 Å². The normalized spacial score (nSPS) is 10.6. The highest BCUT2D eigenvalue weighted by molar-refractivity contribution is 5.96. The molecular formula is C21H22N2O4. The molecule has 3 aromatic rings. The summed E-state index contributed by atoms with van der Waals surface area (Å²) in [5.74, 6) is 0.271. The number of carbonyl (C=O) groups is 1. The third-order valence-corrected chi connectivity index (χ3v) is 4.03. The number of ether oxygens (including phenoxy) is 3. The van der Waals surface area contributed by atoms with Gasteiger partial charge in [-0.3, -0.25) is 4.68 Å². The second-order valence-electron chi connectivity index (χ2n) is 5.94. The lowest BCUT2D eigenvalue weighted by Gasteiger charge is -2.05. The average molecular weight is 366 g/mol. The van der Waals surface area contributed by atoms with Gasteiger partial charge in [0.1, 0.15) is 23.6 Å². The standard InChI is InChI=1S/C21H22N2O4/c1-25-11-12-27-21(24)19-15-23(14-16-7-4-3-5-8-16)22-20(19)17-9-6-10-18(13-17)26-2/h3-10,13,15H,11-12,14H2,1-2H3. The van der Waals surface area contributed by atoms with Gasteiger partial charge >= 0.3 is 5.97 Å². The molecule has 2 aromatic carbocycles. The van der Waals surface area contributed by atoms with E-state index in [2.05, 4.69) is 5.10 Å². The van der Waals surface area contributed by atoms with Crippen molar-refractivity contribution in [2.45, 2.75) is 6.54 Å². The number of esters is 1. The van der Waals surface area contributed by atoms with E-state index in [4.69, 9.17) is 14.2 Å². The molecule has 1 heterocycles. The lowest BCUT2D eigenvalue weighted by Crippen LogP contribution is -2.10. The van der Waals surface area contributed by atoms with Gasteiger partial charge in [0.25, 0.3) is 0 Å². The number of rotatable bonds is 8. The monoisotopic (exact) mass is 366 g/mol. The minimum absolute atomic E-state index is 0.191. The van der Waals surface area contributed by atoms with Crippen molar-refractivity contribution in [2.24, 2.45) is 0 Å². The number of hydrogen-bond donors (Lipinski definition) is 0. The minimum Gasteiger partial charge on any atom is -0.497 e. The zero-order valence-corrected chi connectivity index (χ0v) is 15.4. The highest BCUT2D eigenvalue weighted by Crippen LogP contribution is 2.26. The fourth-order valence-corrected chi connectivity index (χ4v) is 2.70. The van der Waals surface area contributed by atoms with E-state index in [0.717, 1.165) is 11.1 Å². The van der Waals surface area contributed by atoms with Crippen LogP contribution in [0.25, 0.3) is 11.3 Å². The molecule has 0 unspecified atom stereocenters. The minimum atomic E-state index is -0.427. The fraction of sp³-hybridized carbons (Fsp3) is 0.238. The molecule has 0 radical (unpaired) electrons. The Balaban J connectivity index is 1.94. The largest absolute Gasteiger partial charge is 0.497 e. The highest BCUT2D eigenvalue weighted by Gasteiger charge is 2.20. The number of nitrogens with zero attached hydrogens (tertiary/aromatic N) is 2. The van der Waals surface area contributed by atoms with Crippen LogP contribution in [0.5, 0.6) is 5.75 Å². The predicted molar refractivity (Wildman–Crippen MR) is 102 cm³/mol. The van der Waals surface area contributed by atoms with Gasteiger partial charge in [0.15, 0.2) is 0 Å². The van der Waals surface area contributed by atoms with Crippen LogP contribution in [0.2, 0.25) is 0 Å². The molecule has 0 amide bonds. The summed E-state index contributed by atoms with van der Waals surface area (Å²) in [4.78, 5) is 12.6. The van der Waals surface area contributed by atoms with Crippen molar-refractivity contribution in [3.05, 3.63) is 71.9 Å². The summed E-state index contributed by atoms with van der Waals surface area (Å²) in [5.41, 5.74) is 2.86. The molecular weight excluding hydrogens is 344 g/mol. The molecule has 140 valence electrons. The number of benzene rings is 2. The van der Waals surface area contributed by atoms with Crippen LogP contribution in [0.1, 0.15) is 15.9 Å². The maximum absolute atomic E-state index is 12.6. The van der Waals surface area contributed by atoms with Gasteiger partial charge in [-0.15, -0.1) is 0 Å². The predicted octanol–water partition coefficient (Wildman–Crippen LogP) is 3.41. The van der Waals surface area contributed by atoms with Gasteiger partial charge in [0.05, 0.1) is 20.3 Å². The van der Waals surface area contributed by atoms with Crippen LogP contribution in [-0.2, 0) is 16.0 Å². The average Bonchev–Trinajstić information content (AvgIpc) is 3.13. The molecule has 0 N–H and O–H groups in total. The summed E-state index contributed by atoms with van der Waals surface area (Å²) in [6.45, 7) is 1.10. The summed E-state index contributed by atoms with van der Waals surface area (Å²) in [6.07, 6.45) is 1.72. The quantitative estimate of drug-likeness (QED) is 0.452. The number of methoxy groups -OCH3 is 2. The van der Waals surface area contributed by atoms with Gasteiger partial charge in [-0.25, -0.2) is 4.79 Å². The summed E-state index contributed by atoms with van der Waals surface area (Å²) in [5, 5.41) is 4.63. The smallest absolute Gasteiger partial charge is 0.342 e. The summed E-state index contributed by atoms with van der Waals surface area (Å²) in [6, 6.07) is 17.4. The summed E-state index contributed by atoms with van der Waals surface area (Å²) < 4.78 is 17.3. The first kappa shape index (κ1) is 18.7. The van der Waals surface area contributed by atoms with Crippen molar-refractivity contribution in [3.8, 4) is 17.0 Å². The first-order valence-electron chi connectivity index (χ1n) is 8.63. The third-order valence-electron chi connectivity index (χ3n) is 4.03. The van der Waals surface area contributed by atoms with E-state index < -0.39 is 5.97 Å². The molecule has 0 spiro atoms. The highest BCUT2D eigenvalue weighted by atomic mass is 16.6. The molecule has 3 rings (SSSR count). The van der Waals surface area contributed by atoms with Crippen LogP contribution >= 0.6 is 0 Å². The Morgan fingerprint density at radius 2 is 1.85 bits per heavy atom. The molecule has 0 bridgehead atoms. The summed E-state index contributed by atoms with van der Waals surface area (Å²) in [7, 11) is 3.17. The van der Waals surface area contributed by atoms with Crippen molar-refractivity contribution in [3.63, 3.8) is 0 Å². The van der Waals surface area contributed by atoms with Gasteiger partial charge in [-0.2, -0.15) is 5.10 Å². The Morgan fingerprint density at radius 1 is 1.04 bits per heavy atom. The maximum atomic E-state index is 12.6. The van der Waals surface area contributed by atoms with Crippen LogP contribution in [0.4, 0.5) is 0 Å². The van der Waals surface area contributed by atoms with Crippen LogP contribution in [0.15, 0.2) is 60.8 Å². The summed E-state index contributed by atoms with van der Waals surface area (Å²) >= 11 is 0. The second kappa shape index (κ2) is 9.00. The van der Waals surface area contributed by atoms with Crippen molar-refractivity contribution in [1.82, 2.24) is 9.78 Å². The van der Waals surface area contributed by atoms with Gasteiger partial charge in [0, 0.05) is 18.9 Å². The lowest BCUT2D eigenvalue weighted by atomic mass is 10.1. The van der Waals surface area contributed by atoms with E-state index in [-0.39, 0.29) is 6.61 Å². The van der Waals surface area contributed by atoms with E-state index in [0.29, 0.717) is 30.2 Å². The molecule has 0 saturated carbocycles. The van der Waals surface area contributed by atoms with Gasteiger partial charge in [0.2, 0.25) is 0 Å². The first-order valence-corrected chi connectivity index (χ1v) is 8.63. The van der Waals surface area contributed by atoms with Gasteiger partial charge in [-0.05, 0) is 17.7 Å². The van der Waals surface area contributed by atoms with Crippen molar-refractivity contribution < 1.29 is 19.0 Å². The molecule has 0 aliphatic heterocycles. The van der Waals surface area contributed by atoms with E-state index in [9.17, 15) is 4.79 Å².